The molecule has 0 spiro atoms. The van der Waals surface area contributed by atoms with Gasteiger partial charge in [0.2, 0.25) is 0 Å². The van der Waals surface area contributed by atoms with Crippen molar-refractivity contribution in [2.24, 2.45) is 0 Å². The van der Waals surface area contributed by atoms with Gasteiger partial charge in [-0.25, -0.2) is 0 Å². The third kappa shape index (κ3) is 3.62. The molecular weight excluding hydrogens is 376 g/mol. The second-order valence-electron chi connectivity index (χ2n) is 7.48. The average Bonchev–Trinajstić information content (AvgIpc) is 2.99. The molecule has 1 heterocycles. The summed E-state index contributed by atoms with van der Waals surface area (Å²) in [5, 5.41) is 2.92. The van der Waals surface area contributed by atoms with Crippen molar-refractivity contribution in [3.05, 3.63) is 100 Å². The number of imide groups is 1. The van der Waals surface area contributed by atoms with Crippen LogP contribution >= 0.6 is 0 Å². The van der Waals surface area contributed by atoms with Gasteiger partial charge in [-0.15, -0.1) is 0 Å². The summed E-state index contributed by atoms with van der Waals surface area (Å²) in [4.78, 5) is 39.6. The fourth-order valence-corrected chi connectivity index (χ4v) is 3.72. The fraction of sp³-hybridized carbons (Fsp3) is 0.160. The van der Waals surface area contributed by atoms with Crippen molar-refractivity contribution < 1.29 is 14.4 Å². The molecule has 3 aromatic rings. The molecule has 1 aliphatic rings. The van der Waals surface area contributed by atoms with Crippen LogP contribution in [0.3, 0.4) is 0 Å². The standard InChI is InChI=1S/C25H22N2O3/c1-16-7-6-8-17(2)22(16)26-23(28)19-11-12-20-21(15-19)25(30)27(24(20)29)14-13-18-9-4-3-5-10-18/h3-12,15H,13-14H2,1-2H3,(H,26,28). The summed E-state index contributed by atoms with van der Waals surface area (Å²) >= 11 is 0. The van der Waals surface area contributed by atoms with Gasteiger partial charge in [-0.3, -0.25) is 19.3 Å². The lowest BCUT2D eigenvalue weighted by Crippen LogP contribution is -2.31. The largest absolute Gasteiger partial charge is 0.322 e. The minimum atomic E-state index is -0.354. The summed E-state index contributed by atoms with van der Waals surface area (Å²) in [6.45, 7) is 4.16. The Balaban J connectivity index is 1.53. The number of amides is 3. The Morgan fingerprint density at radius 1 is 0.833 bits per heavy atom. The van der Waals surface area contributed by atoms with Gasteiger partial charge >= 0.3 is 0 Å². The molecule has 5 nitrogen and oxygen atoms in total. The molecule has 3 aromatic carbocycles. The number of anilines is 1. The smallest absolute Gasteiger partial charge is 0.261 e. The van der Waals surface area contributed by atoms with Crippen molar-refractivity contribution in [2.75, 3.05) is 11.9 Å². The van der Waals surface area contributed by atoms with Gasteiger partial charge in [-0.2, -0.15) is 0 Å². The Morgan fingerprint density at radius 2 is 1.50 bits per heavy atom. The van der Waals surface area contributed by atoms with Crippen LogP contribution in [0.2, 0.25) is 0 Å². The van der Waals surface area contributed by atoms with E-state index in [0.717, 1.165) is 22.4 Å². The normalized spacial score (nSPS) is 12.8. The molecule has 0 fully saturated rings. The molecule has 30 heavy (non-hydrogen) atoms. The molecule has 0 unspecified atom stereocenters. The van der Waals surface area contributed by atoms with Crippen LogP contribution < -0.4 is 5.32 Å². The molecular formula is C25H22N2O3. The second-order valence-corrected chi connectivity index (χ2v) is 7.48. The van der Waals surface area contributed by atoms with Gasteiger partial charge < -0.3 is 5.32 Å². The van der Waals surface area contributed by atoms with Crippen molar-refractivity contribution in [2.45, 2.75) is 20.3 Å². The molecule has 0 aliphatic carbocycles. The molecule has 4 rings (SSSR count). The van der Waals surface area contributed by atoms with Gasteiger partial charge in [0.25, 0.3) is 17.7 Å². The molecule has 0 saturated heterocycles. The van der Waals surface area contributed by atoms with E-state index in [2.05, 4.69) is 5.32 Å². The van der Waals surface area contributed by atoms with Crippen LogP contribution in [0, 0.1) is 13.8 Å². The van der Waals surface area contributed by atoms with E-state index in [1.54, 1.807) is 12.1 Å². The first-order valence-electron chi connectivity index (χ1n) is 9.87. The van der Waals surface area contributed by atoms with E-state index in [1.807, 2.05) is 62.4 Å². The van der Waals surface area contributed by atoms with E-state index in [-0.39, 0.29) is 23.3 Å². The maximum Gasteiger partial charge on any atom is 0.261 e. The van der Waals surface area contributed by atoms with Crippen LogP contribution in [0.5, 0.6) is 0 Å². The summed E-state index contributed by atoms with van der Waals surface area (Å²) in [6.07, 6.45) is 0.589. The number of nitrogens with one attached hydrogen (secondary N) is 1. The Morgan fingerprint density at radius 3 is 2.20 bits per heavy atom. The highest BCUT2D eigenvalue weighted by Crippen LogP contribution is 2.26. The van der Waals surface area contributed by atoms with Crippen LogP contribution in [0.15, 0.2) is 66.7 Å². The molecule has 1 aliphatic heterocycles. The molecule has 0 atom stereocenters. The fourth-order valence-electron chi connectivity index (χ4n) is 3.72. The van der Waals surface area contributed by atoms with Gasteiger partial charge in [0.1, 0.15) is 0 Å². The lowest BCUT2D eigenvalue weighted by atomic mass is 10.0. The average molecular weight is 398 g/mol. The number of para-hydroxylation sites is 1. The van der Waals surface area contributed by atoms with Crippen molar-refractivity contribution >= 4 is 23.4 Å². The maximum atomic E-state index is 12.8. The summed E-state index contributed by atoms with van der Waals surface area (Å²) in [6, 6.07) is 20.2. The zero-order valence-corrected chi connectivity index (χ0v) is 16.9. The Hall–Kier alpha value is -3.73. The Bertz CT molecular complexity index is 1130. The topological polar surface area (TPSA) is 66.5 Å². The summed E-state index contributed by atoms with van der Waals surface area (Å²) in [5.74, 6) is -0.974. The molecule has 1 N–H and O–H groups in total. The SMILES string of the molecule is Cc1cccc(C)c1NC(=O)c1ccc2c(c1)C(=O)N(CCc1ccccc1)C2=O. The highest BCUT2D eigenvalue weighted by Gasteiger charge is 2.35. The highest BCUT2D eigenvalue weighted by atomic mass is 16.2. The number of benzene rings is 3. The van der Waals surface area contributed by atoms with Crippen molar-refractivity contribution in [3.63, 3.8) is 0 Å². The number of aryl methyl sites for hydroxylation is 2. The summed E-state index contributed by atoms with van der Waals surface area (Å²) < 4.78 is 0. The van der Waals surface area contributed by atoms with Gasteiger partial charge in [0.15, 0.2) is 0 Å². The molecule has 150 valence electrons. The quantitative estimate of drug-likeness (QED) is 0.648. The van der Waals surface area contributed by atoms with E-state index >= 15 is 0 Å². The van der Waals surface area contributed by atoms with Gasteiger partial charge in [0, 0.05) is 17.8 Å². The highest BCUT2D eigenvalue weighted by molar-refractivity contribution is 6.22. The lowest BCUT2D eigenvalue weighted by molar-refractivity contribution is 0.0656. The number of nitrogens with zero attached hydrogens (tertiary/aromatic N) is 1. The van der Waals surface area contributed by atoms with Crippen LogP contribution in [0.4, 0.5) is 5.69 Å². The van der Waals surface area contributed by atoms with Crippen molar-refractivity contribution in [3.8, 4) is 0 Å². The number of carbonyl (C=O) groups excluding carboxylic acids is 3. The maximum absolute atomic E-state index is 12.8. The minimum Gasteiger partial charge on any atom is -0.322 e. The molecule has 0 radical (unpaired) electrons. The van der Waals surface area contributed by atoms with Crippen molar-refractivity contribution in [1.29, 1.82) is 0 Å². The second kappa shape index (κ2) is 7.95. The van der Waals surface area contributed by atoms with Crippen LogP contribution in [-0.4, -0.2) is 29.2 Å². The number of fused-ring (bicyclic) bond motifs is 1. The van der Waals surface area contributed by atoms with E-state index in [4.69, 9.17) is 0 Å². The Kier molecular flexibility index (Phi) is 5.19. The third-order valence-corrected chi connectivity index (χ3v) is 5.42. The van der Waals surface area contributed by atoms with E-state index in [1.165, 1.54) is 11.0 Å². The number of carbonyl (C=O) groups is 3. The van der Waals surface area contributed by atoms with Gasteiger partial charge in [-0.1, -0.05) is 48.5 Å². The van der Waals surface area contributed by atoms with Crippen LogP contribution in [0.25, 0.3) is 0 Å². The third-order valence-electron chi connectivity index (χ3n) is 5.42. The first-order valence-corrected chi connectivity index (χ1v) is 9.87. The van der Waals surface area contributed by atoms with Crippen molar-refractivity contribution in [1.82, 2.24) is 4.90 Å². The van der Waals surface area contributed by atoms with Crippen LogP contribution in [0.1, 0.15) is 47.8 Å². The summed E-state index contributed by atoms with van der Waals surface area (Å²) in [5.41, 5.74) is 4.71. The predicted molar refractivity (Wildman–Crippen MR) is 116 cm³/mol. The Labute approximate surface area is 175 Å². The predicted octanol–water partition coefficient (Wildman–Crippen LogP) is 4.39. The number of rotatable bonds is 5. The number of hydrogen-bond acceptors (Lipinski definition) is 3. The molecule has 5 heteroatoms. The molecule has 3 amide bonds. The van der Waals surface area contributed by atoms with E-state index < -0.39 is 0 Å². The number of hydrogen-bond donors (Lipinski definition) is 1. The monoisotopic (exact) mass is 398 g/mol. The molecule has 0 aromatic heterocycles. The zero-order chi connectivity index (χ0) is 21.3. The lowest BCUT2D eigenvalue weighted by Gasteiger charge is -2.13. The van der Waals surface area contributed by atoms with E-state index in [0.29, 0.717) is 24.1 Å². The summed E-state index contributed by atoms with van der Waals surface area (Å²) in [7, 11) is 0. The molecule has 0 saturated carbocycles. The zero-order valence-electron chi connectivity index (χ0n) is 16.9. The van der Waals surface area contributed by atoms with E-state index in [9.17, 15) is 14.4 Å². The first-order chi connectivity index (χ1) is 14.5. The first kappa shape index (κ1) is 19.6. The minimum absolute atomic E-state index is 0.280. The van der Waals surface area contributed by atoms with Gasteiger partial charge in [-0.05, 0) is 55.2 Å². The molecule has 0 bridgehead atoms. The van der Waals surface area contributed by atoms with Crippen LogP contribution in [-0.2, 0) is 6.42 Å². The van der Waals surface area contributed by atoms with Gasteiger partial charge in [0.05, 0.1) is 11.1 Å².